The Balaban J connectivity index is 1.46. The number of rotatable bonds is 5. The van der Waals surface area contributed by atoms with E-state index in [0.29, 0.717) is 18.0 Å². The number of hydrogen-bond donors (Lipinski definition) is 2. The monoisotopic (exact) mass is 380 g/mol. The van der Waals surface area contributed by atoms with Crippen molar-refractivity contribution in [2.75, 3.05) is 0 Å². The zero-order valence-corrected chi connectivity index (χ0v) is 17.4. The van der Waals surface area contributed by atoms with Gasteiger partial charge in [-0.1, -0.05) is 43.7 Å². The van der Waals surface area contributed by atoms with E-state index in [-0.39, 0.29) is 16.2 Å². The smallest absolute Gasteiger partial charge is 0.227 e. The molecule has 5 saturated carbocycles. The zero-order valence-electron chi connectivity index (χ0n) is 17.4. The molecule has 5 aliphatic carbocycles. The van der Waals surface area contributed by atoms with Crippen LogP contribution in [0.4, 0.5) is 0 Å². The third-order valence-corrected chi connectivity index (χ3v) is 8.98. The van der Waals surface area contributed by atoms with Crippen molar-refractivity contribution in [3.8, 4) is 0 Å². The lowest BCUT2D eigenvalue weighted by atomic mass is 9.63. The number of hydrogen-bond acceptors (Lipinski definition) is 2. The summed E-state index contributed by atoms with van der Waals surface area (Å²) in [5.74, 6) is 1.11. The molecular formula is C25H36N2O. The highest BCUT2D eigenvalue weighted by Crippen LogP contribution is 2.77. The van der Waals surface area contributed by atoms with Crippen molar-refractivity contribution in [2.24, 2.45) is 22.5 Å². The summed E-state index contributed by atoms with van der Waals surface area (Å²) in [6.45, 7) is 2.30. The molecule has 0 radical (unpaired) electrons. The van der Waals surface area contributed by atoms with Crippen molar-refractivity contribution in [1.29, 1.82) is 0 Å². The van der Waals surface area contributed by atoms with E-state index in [9.17, 15) is 4.79 Å². The Bertz CT molecular complexity index is 740. The van der Waals surface area contributed by atoms with Gasteiger partial charge in [-0.15, -0.1) is 0 Å². The van der Waals surface area contributed by atoms with Crippen LogP contribution in [0.5, 0.6) is 0 Å². The Kier molecular flexibility index (Phi) is 4.39. The molecule has 3 nitrogen and oxygen atoms in total. The Morgan fingerprint density at radius 1 is 1.07 bits per heavy atom. The molecule has 0 saturated heterocycles. The van der Waals surface area contributed by atoms with Crippen molar-refractivity contribution in [3.05, 3.63) is 35.9 Å². The normalized spacial score (nSPS) is 44.0. The maximum Gasteiger partial charge on any atom is 0.227 e. The number of nitrogens with one attached hydrogen (secondary N) is 1. The van der Waals surface area contributed by atoms with Gasteiger partial charge in [0.2, 0.25) is 5.91 Å². The predicted octanol–water partition coefficient (Wildman–Crippen LogP) is 4.69. The number of benzene rings is 1. The van der Waals surface area contributed by atoms with Gasteiger partial charge < -0.3 is 11.1 Å². The molecule has 4 atom stereocenters. The summed E-state index contributed by atoms with van der Waals surface area (Å²) >= 11 is 0. The van der Waals surface area contributed by atoms with Crippen molar-refractivity contribution in [2.45, 2.75) is 95.1 Å². The highest BCUT2D eigenvalue weighted by molar-refractivity contribution is 5.86. The summed E-state index contributed by atoms with van der Waals surface area (Å²) in [5, 5.41) is 3.54. The van der Waals surface area contributed by atoms with Gasteiger partial charge in [-0.25, -0.2) is 0 Å². The lowest BCUT2D eigenvalue weighted by Crippen LogP contribution is -2.51. The first-order valence-electron chi connectivity index (χ1n) is 11.6. The molecule has 6 rings (SSSR count). The second kappa shape index (κ2) is 6.58. The van der Waals surface area contributed by atoms with Crippen LogP contribution in [0.3, 0.4) is 0 Å². The van der Waals surface area contributed by atoms with Gasteiger partial charge in [-0.2, -0.15) is 0 Å². The summed E-state index contributed by atoms with van der Waals surface area (Å²) in [6.07, 6.45) is 12.6. The SMILES string of the molecule is CCC[C@]12CC3CC1(C(=O)N[C@H]1CC[C@@H](N)CC1)C[C@@](c1ccccc1)(C3)C2. The number of amides is 1. The van der Waals surface area contributed by atoms with Crippen molar-refractivity contribution < 1.29 is 4.79 Å². The Morgan fingerprint density at radius 2 is 1.82 bits per heavy atom. The van der Waals surface area contributed by atoms with E-state index in [1.54, 1.807) is 0 Å². The Labute approximate surface area is 169 Å². The van der Waals surface area contributed by atoms with Crippen LogP contribution in [0.15, 0.2) is 30.3 Å². The second-order valence-electron chi connectivity index (χ2n) is 10.7. The van der Waals surface area contributed by atoms with E-state index in [4.69, 9.17) is 5.73 Å². The molecule has 1 aromatic rings. The van der Waals surface area contributed by atoms with Gasteiger partial charge in [0.25, 0.3) is 0 Å². The molecule has 28 heavy (non-hydrogen) atoms. The molecule has 2 unspecified atom stereocenters. The molecule has 0 spiro atoms. The molecule has 1 aromatic carbocycles. The molecule has 0 aromatic heterocycles. The highest BCUT2D eigenvalue weighted by Gasteiger charge is 2.73. The minimum Gasteiger partial charge on any atom is -0.353 e. The van der Waals surface area contributed by atoms with E-state index < -0.39 is 0 Å². The van der Waals surface area contributed by atoms with Crippen LogP contribution in [0.2, 0.25) is 0 Å². The molecule has 3 N–H and O–H groups in total. The fraction of sp³-hybridized carbons (Fsp3) is 0.720. The maximum atomic E-state index is 13.9. The predicted molar refractivity (Wildman–Crippen MR) is 113 cm³/mol. The summed E-state index contributed by atoms with van der Waals surface area (Å²) in [4.78, 5) is 13.9. The second-order valence-corrected chi connectivity index (χ2v) is 10.7. The average Bonchev–Trinajstić information content (AvgIpc) is 3.03. The van der Waals surface area contributed by atoms with Crippen LogP contribution in [0.25, 0.3) is 0 Å². The largest absolute Gasteiger partial charge is 0.353 e. The van der Waals surface area contributed by atoms with Gasteiger partial charge >= 0.3 is 0 Å². The third-order valence-electron chi connectivity index (χ3n) is 8.98. The van der Waals surface area contributed by atoms with Crippen molar-refractivity contribution >= 4 is 5.91 Å². The van der Waals surface area contributed by atoms with Gasteiger partial charge in [0, 0.05) is 12.1 Å². The highest BCUT2D eigenvalue weighted by atomic mass is 16.2. The van der Waals surface area contributed by atoms with Gasteiger partial charge in [0.15, 0.2) is 0 Å². The van der Waals surface area contributed by atoms with E-state index in [1.165, 1.54) is 37.7 Å². The Hall–Kier alpha value is -1.35. The minimum absolute atomic E-state index is 0.138. The third kappa shape index (κ3) is 2.61. The van der Waals surface area contributed by atoms with Gasteiger partial charge in [-0.3, -0.25) is 4.79 Å². The van der Waals surface area contributed by atoms with Gasteiger partial charge in [-0.05, 0) is 86.5 Å². The lowest BCUT2D eigenvalue weighted by Gasteiger charge is -2.41. The average molecular weight is 381 g/mol. The molecular weight excluding hydrogens is 344 g/mol. The maximum absolute atomic E-state index is 13.9. The van der Waals surface area contributed by atoms with Gasteiger partial charge in [0.1, 0.15) is 0 Å². The topological polar surface area (TPSA) is 55.1 Å². The standard InChI is InChI=1S/C25H36N2O/c1-2-12-24-14-18-13-23(16-24,19-6-4-3-5-7-19)17-25(24,15-18)22(28)27-21-10-8-20(26)9-11-21/h3-7,18,20-21H,2,8-17,26H2,1H3,(H,27,28)/t18?,20-,21+,23-,24-,25?/m1/s1. The van der Waals surface area contributed by atoms with Crippen LogP contribution >= 0.6 is 0 Å². The summed E-state index contributed by atoms with van der Waals surface area (Å²) < 4.78 is 0. The number of carbonyl (C=O) groups is 1. The van der Waals surface area contributed by atoms with E-state index in [0.717, 1.165) is 44.4 Å². The van der Waals surface area contributed by atoms with Crippen LogP contribution < -0.4 is 11.1 Å². The molecule has 5 fully saturated rings. The van der Waals surface area contributed by atoms with Crippen LogP contribution in [-0.2, 0) is 10.2 Å². The zero-order chi connectivity index (χ0) is 19.4. The van der Waals surface area contributed by atoms with Crippen molar-refractivity contribution in [1.82, 2.24) is 5.32 Å². The molecule has 0 aliphatic heterocycles. The van der Waals surface area contributed by atoms with Crippen LogP contribution in [0.1, 0.15) is 83.1 Å². The molecule has 5 aliphatic rings. The quantitative estimate of drug-likeness (QED) is 0.778. The van der Waals surface area contributed by atoms with E-state index >= 15 is 0 Å². The first-order valence-corrected chi connectivity index (χ1v) is 11.6. The first kappa shape index (κ1) is 18.7. The minimum atomic E-state index is -0.138. The summed E-state index contributed by atoms with van der Waals surface area (Å²) in [5.41, 5.74) is 7.88. The first-order chi connectivity index (χ1) is 13.5. The fourth-order valence-electron chi connectivity index (χ4n) is 8.18. The van der Waals surface area contributed by atoms with Gasteiger partial charge in [0.05, 0.1) is 5.41 Å². The molecule has 4 bridgehead atoms. The van der Waals surface area contributed by atoms with Crippen LogP contribution in [-0.4, -0.2) is 18.0 Å². The molecule has 0 heterocycles. The number of nitrogens with two attached hydrogens (primary N) is 1. The molecule has 152 valence electrons. The van der Waals surface area contributed by atoms with E-state index in [2.05, 4.69) is 42.6 Å². The summed E-state index contributed by atoms with van der Waals surface area (Å²) in [7, 11) is 0. The lowest BCUT2D eigenvalue weighted by molar-refractivity contribution is -0.137. The Morgan fingerprint density at radius 3 is 2.54 bits per heavy atom. The molecule has 3 heteroatoms. The fourth-order valence-corrected chi connectivity index (χ4v) is 8.18. The van der Waals surface area contributed by atoms with Crippen molar-refractivity contribution in [3.63, 3.8) is 0 Å². The summed E-state index contributed by atoms with van der Waals surface area (Å²) in [6, 6.07) is 11.8. The van der Waals surface area contributed by atoms with E-state index in [1.807, 2.05) is 0 Å². The van der Waals surface area contributed by atoms with Crippen LogP contribution in [0, 0.1) is 16.7 Å². The number of carbonyl (C=O) groups excluding carboxylic acids is 1. The molecule has 1 amide bonds.